The van der Waals surface area contributed by atoms with Crippen LogP contribution < -0.4 is 15.8 Å². The van der Waals surface area contributed by atoms with Crippen molar-refractivity contribution in [2.45, 2.75) is 13.0 Å². The van der Waals surface area contributed by atoms with Crippen LogP contribution in [0.25, 0.3) is 0 Å². The van der Waals surface area contributed by atoms with Gasteiger partial charge in [0.1, 0.15) is 5.82 Å². The molecule has 3 rings (SSSR count). The van der Waals surface area contributed by atoms with Gasteiger partial charge in [-0.15, -0.1) is 0 Å². The lowest BCUT2D eigenvalue weighted by Gasteiger charge is -2.18. The highest BCUT2D eigenvalue weighted by Crippen LogP contribution is 2.23. The van der Waals surface area contributed by atoms with Crippen LogP contribution in [0.3, 0.4) is 0 Å². The lowest BCUT2D eigenvalue weighted by atomic mass is 10.1. The normalized spacial score (nSPS) is 16.7. The van der Waals surface area contributed by atoms with E-state index in [2.05, 4.69) is 10.4 Å². The minimum absolute atomic E-state index is 0.153. The lowest BCUT2D eigenvalue weighted by molar-refractivity contribution is -0.119. The molecule has 0 spiro atoms. The Labute approximate surface area is 150 Å². The van der Waals surface area contributed by atoms with E-state index in [1.165, 1.54) is 22.9 Å². The summed E-state index contributed by atoms with van der Waals surface area (Å²) >= 11 is 0. The first-order valence-corrected chi connectivity index (χ1v) is 8.44. The SMILES string of the molecule is COCCn1ncc(N2CCC(C(=O)Nc3cccc(F)c3)C2)cc1=O. The number of carbonyl (C=O) groups is 1. The molecule has 1 N–H and O–H groups in total. The molecule has 1 aliphatic heterocycles. The molecule has 0 saturated carbocycles. The van der Waals surface area contributed by atoms with Crippen LogP contribution in [-0.2, 0) is 16.1 Å². The molecule has 1 aliphatic rings. The Bertz CT molecular complexity index is 839. The molecule has 1 aromatic carbocycles. The van der Waals surface area contributed by atoms with Crippen LogP contribution >= 0.6 is 0 Å². The topological polar surface area (TPSA) is 76.5 Å². The number of nitrogens with zero attached hydrogens (tertiary/aromatic N) is 3. The number of nitrogens with one attached hydrogen (secondary N) is 1. The van der Waals surface area contributed by atoms with Gasteiger partial charge in [-0.3, -0.25) is 9.59 Å². The standard InChI is InChI=1S/C18H21FN4O3/c1-26-8-7-23-17(24)10-16(11-20-23)22-6-5-13(12-22)18(25)21-15-4-2-3-14(19)9-15/h2-4,9-11,13H,5-8,12H2,1H3,(H,21,25). The molecule has 26 heavy (non-hydrogen) atoms. The fourth-order valence-electron chi connectivity index (χ4n) is 2.96. The third-order valence-corrected chi connectivity index (χ3v) is 4.38. The number of hydrogen-bond donors (Lipinski definition) is 1. The molecule has 0 radical (unpaired) electrons. The number of anilines is 2. The van der Waals surface area contributed by atoms with Gasteiger partial charge in [0.05, 0.1) is 31.0 Å². The van der Waals surface area contributed by atoms with Crippen LogP contribution in [0.5, 0.6) is 0 Å². The zero-order valence-corrected chi connectivity index (χ0v) is 14.5. The molecule has 1 unspecified atom stereocenters. The second-order valence-electron chi connectivity index (χ2n) is 6.20. The summed E-state index contributed by atoms with van der Waals surface area (Å²) in [6.45, 7) is 1.96. The van der Waals surface area contributed by atoms with E-state index in [0.29, 0.717) is 44.0 Å². The van der Waals surface area contributed by atoms with E-state index in [-0.39, 0.29) is 17.4 Å². The van der Waals surface area contributed by atoms with Crippen LogP contribution in [0.4, 0.5) is 15.8 Å². The summed E-state index contributed by atoms with van der Waals surface area (Å²) in [4.78, 5) is 26.4. The molecule has 2 heterocycles. The Morgan fingerprint density at radius 1 is 1.42 bits per heavy atom. The summed E-state index contributed by atoms with van der Waals surface area (Å²) in [6.07, 6.45) is 2.29. The zero-order valence-electron chi connectivity index (χ0n) is 14.5. The van der Waals surface area contributed by atoms with Crippen molar-refractivity contribution in [2.24, 2.45) is 5.92 Å². The van der Waals surface area contributed by atoms with Crippen LogP contribution in [0.1, 0.15) is 6.42 Å². The molecular formula is C18H21FN4O3. The highest BCUT2D eigenvalue weighted by molar-refractivity contribution is 5.93. The summed E-state index contributed by atoms with van der Waals surface area (Å²) in [5.41, 5.74) is 0.938. The van der Waals surface area contributed by atoms with E-state index in [0.717, 1.165) is 0 Å². The fourth-order valence-corrected chi connectivity index (χ4v) is 2.96. The number of carbonyl (C=O) groups excluding carboxylic acids is 1. The quantitative estimate of drug-likeness (QED) is 0.845. The van der Waals surface area contributed by atoms with E-state index < -0.39 is 5.82 Å². The maximum Gasteiger partial charge on any atom is 0.268 e. The van der Waals surface area contributed by atoms with Gasteiger partial charge in [-0.05, 0) is 24.6 Å². The monoisotopic (exact) mass is 360 g/mol. The third-order valence-electron chi connectivity index (χ3n) is 4.38. The van der Waals surface area contributed by atoms with E-state index >= 15 is 0 Å². The van der Waals surface area contributed by atoms with Crippen molar-refractivity contribution in [3.05, 3.63) is 52.7 Å². The fraction of sp³-hybridized carbons (Fsp3) is 0.389. The Balaban J connectivity index is 1.62. The maximum atomic E-state index is 13.2. The van der Waals surface area contributed by atoms with E-state index in [9.17, 15) is 14.0 Å². The van der Waals surface area contributed by atoms with Gasteiger partial charge in [-0.25, -0.2) is 9.07 Å². The average molecular weight is 360 g/mol. The molecule has 1 saturated heterocycles. The van der Waals surface area contributed by atoms with Crippen molar-refractivity contribution >= 4 is 17.3 Å². The molecular weight excluding hydrogens is 339 g/mol. The number of methoxy groups -OCH3 is 1. The predicted octanol–water partition coefficient (Wildman–Crippen LogP) is 1.49. The maximum absolute atomic E-state index is 13.2. The first-order valence-electron chi connectivity index (χ1n) is 8.44. The summed E-state index contributed by atoms with van der Waals surface area (Å²) in [6, 6.07) is 7.34. The minimum Gasteiger partial charge on any atom is -0.383 e. The first kappa shape index (κ1) is 18.1. The Morgan fingerprint density at radius 3 is 3.00 bits per heavy atom. The van der Waals surface area contributed by atoms with Gasteiger partial charge in [0.2, 0.25) is 5.91 Å². The molecule has 138 valence electrons. The molecule has 7 nitrogen and oxygen atoms in total. The van der Waals surface area contributed by atoms with Gasteiger partial charge in [0, 0.05) is 32.0 Å². The zero-order chi connectivity index (χ0) is 18.5. The molecule has 2 aromatic rings. The van der Waals surface area contributed by atoms with Crippen LogP contribution in [0, 0.1) is 11.7 Å². The second kappa shape index (κ2) is 8.09. The molecule has 0 aliphatic carbocycles. The number of hydrogen-bond acceptors (Lipinski definition) is 5. The van der Waals surface area contributed by atoms with Gasteiger partial charge in [-0.1, -0.05) is 6.07 Å². The molecule has 1 amide bonds. The molecule has 0 bridgehead atoms. The number of ether oxygens (including phenoxy) is 1. The van der Waals surface area contributed by atoms with Crippen LogP contribution in [-0.4, -0.2) is 42.5 Å². The second-order valence-corrected chi connectivity index (χ2v) is 6.20. The van der Waals surface area contributed by atoms with Crippen molar-refractivity contribution in [3.63, 3.8) is 0 Å². The highest BCUT2D eigenvalue weighted by Gasteiger charge is 2.29. The average Bonchev–Trinajstić information content (AvgIpc) is 3.11. The number of halogens is 1. The van der Waals surface area contributed by atoms with Crippen molar-refractivity contribution in [2.75, 3.05) is 37.0 Å². The molecule has 8 heteroatoms. The van der Waals surface area contributed by atoms with Gasteiger partial charge in [0.25, 0.3) is 5.56 Å². The summed E-state index contributed by atoms with van der Waals surface area (Å²) in [5, 5.41) is 6.89. The third kappa shape index (κ3) is 4.26. The van der Waals surface area contributed by atoms with Gasteiger partial charge >= 0.3 is 0 Å². The lowest BCUT2D eigenvalue weighted by Crippen LogP contribution is -2.29. The van der Waals surface area contributed by atoms with Crippen molar-refractivity contribution in [3.8, 4) is 0 Å². The highest BCUT2D eigenvalue weighted by atomic mass is 19.1. The Kier molecular flexibility index (Phi) is 5.62. The number of rotatable bonds is 6. The molecule has 1 aromatic heterocycles. The largest absolute Gasteiger partial charge is 0.383 e. The summed E-state index contributed by atoms with van der Waals surface area (Å²) in [5.74, 6) is -0.773. The smallest absolute Gasteiger partial charge is 0.268 e. The molecule has 1 fully saturated rings. The van der Waals surface area contributed by atoms with Gasteiger partial charge in [0.15, 0.2) is 0 Å². The predicted molar refractivity (Wildman–Crippen MR) is 95.7 cm³/mol. The van der Waals surface area contributed by atoms with E-state index in [1.54, 1.807) is 25.4 Å². The van der Waals surface area contributed by atoms with Crippen molar-refractivity contribution in [1.29, 1.82) is 0 Å². The first-order chi connectivity index (χ1) is 12.6. The number of aromatic nitrogens is 2. The van der Waals surface area contributed by atoms with E-state index in [1.807, 2.05) is 4.90 Å². The van der Waals surface area contributed by atoms with E-state index in [4.69, 9.17) is 4.74 Å². The number of amides is 1. The summed E-state index contributed by atoms with van der Waals surface area (Å²) < 4.78 is 19.5. The van der Waals surface area contributed by atoms with Crippen LogP contribution in [0.15, 0.2) is 41.3 Å². The Morgan fingerprint density at radius 2 is 2.27 bits per heavy atom. The van der Waals surface area contributed by atoms with Gasteiger partial charge in [-0.2, -0.15) is 5.10 Å². The minimum atomic E-state index is -0.393. The number of benzene rings is 1. The van der Waals surface area contributed by atoms with Crippen molar-refractivity contribution in [1.82, 2.24) is 9.78 Å². The Hall–Kier alpha value is -2.74. The summed E-state index contributed by atoms with van der Waals surface area (Å²) in [7, 11) is 1.57. The van der Waals surface area contributed by atoms with Gasteiger partial charge < -0.3 is 15.0 Å². The van der Waals surface area contributed by atoms with Crippen LogP contribution in [0.2, 0.25) is 0 Å². The van der Waals surface area contributed by atoms with Crippen molar-refractivity contribution < 1.29 is 13.9 Å². The molecule has 1 atom stereocenters.